The van der Waals surface area contributed by atoms with Crippen LogP contribution >= 0.6 is 0 Å². The van der Waals surface area contributed by atoms with Crippen LogP contribution < -0.4 is 19.5 Å². The predicted molar refractivity (Wildman–Crippen MR) is 122 cm³/mol. The normalized spacial score (nSPS) is 10.5. The summed E-state index contributed by atoms with van der Waals surface area (Å²) >= 11 is 0. The Labute approximate surface area is 191 Å². The van der Waals surface area contributed by atoms with Gasteiger partial charge < -0.3 is 19.5 Å². The molecule has 2 aromatic carbocycles. The van der Waals surface area contributed by atoms with E-state index in [2.05, 4.69) is 20.3 Å². The van der Waals surface area contributed by atoms with Gasteiger partial charge in [-0.3, -0.25) is 9.36 Å². The highest BCUT2D eigenvalue weighted by atomic mass is 16.5. The summed E-state index contributed by atoms with van der Waals surface area (Å²) in [6.07, 6.45) is 3.16. The average Bonchev–Trinajstić information content (AvgIpc) is 3.17. The number of benzene rings is 2. The van der Waals surface area contributed by atoms with Gasteiger partial charge in [0.05, 0.1) is 12.8 Å². The van der Waals surface area contributed by atoms with Crippen molar-refractivity contribution in [2.75, 3.05) is 19.0 Å². The lowest BCUT2D eigenvalue weighted by Gasteiger charge is -2.10. The molecule has 0 aliphatic carbocycles. The van der Waals surface area contributed by atoms with Crippen LogP contribution in [-0.2, 0) is 4.79 Å². The molecule has 0 fully saturated rings. The first-order chi connectivity index (χ1) is 16.0. The molecule has 9 heteroatoms. The third-order valence-corrected chi connectivity index (χ3v) is 4.92. The number of ether oxygens (including phenoxy) is 3. The Hall–Kier alpha value is -4.40. The Kier molecular flexibility index (Phi) is 6.49. The lowest BCUT2D eigenvalue weighted by molar-refractivity contribution is -0.118. The van der Waals surface area contributed by atoms with Gasteiger partial charge in [0.25, 0.3) is 5.91 Å². The van der Waals surface area contributed by atoms with Crippen molar-refractivity contribution >= 4 is 11.6 Å². The summed E-state index contributed by atoms with van der Waals surface area (Å²) in [7, 11) is 1.59. The second kappa shape index (κ2) is 9.82. The third-order valence-electron chi connectivity index (χ3n) is 4.92. The molecule has 2 aromatic heterocycles. The number of aryl methyl sites for hydroxylation is 1. The van der Waals surface area contributed by atoms with Gasteiger partial charge >= 0.3 is 0 Å². The minimum atomic E-state index is -0.272. The number of methoxy groups -OCH3 is 1. The maximum atomic E-state index is 12.2. The summed E-state index contributed by atoms with van der Waals surface area (Å²) in [6.45, 7) is 3.80. The largest absolute Gasteiger partial charge is 0.497 e. The van der Waals surface area contributed by atoms with Gasteiger partial charge in [-0.15, -0.1) is 0 Å². The van der Waals surface area contributed by atoms with E-state index in [4.69, 9.17) is 14.2 Å². The molecule has 2 heterocycles. The molecule has 0 radical (unpaired) electrons. The highest BCUT2D eigenvalue weighted by Gasteiger charge is 2.09. The van der Waals surface area contributed by atoms with Crippen LogP contribution in [0, 0.1) is 13.8 Å². The van der Waals surface area contributed by atoms with Gasteiger partial charge in [-0.05, 0) is 62.4 Å². The highest BCUT2D eigenvalue weighted by Crippen LogP contribution is 2.23. The number of hydrogen-bond donors (Lipinski definition) is 1. The van der Waals surface area contributed by atoms with Crippen LogP contribution in [0.15, 0.2) is 67.3 Å². The molecular formula is C24H23N5O4. The third kappa shape index (κ3) is 5.45. The zero-order chi connectivity index (χ0) is 23.2. The second-order valence-electron chi connectivity index (χ2n) is 7.14. The Balaban J connectivity index is 1.33. The zero-order valence-electron chi connectivity index (χ0n) is 18.5. The van der Waals surface area contributed by atoms with Gasteiger partial charge in [0.2, 0.25) is 5.88 Å². The van der Waals surface area contributed by atoms with Crippen molar-refractivity contribution in [3.63, 3.8) is 0 Å². The van der Waals surface area contributed by atoms with E-state index < -0.39 is 0 Å². The summed E-state index contributed by atoms with van der Waals surface area (Å²) in [6, 6.07) is 15.7. The smallest absolute Gasteiger partial charge is 0.262 e. The molecule has 0 spiro atoms. The number of rotatable bonds is 8. The van der Waals surface area contributed by atoms with Gasteiger partial charge in [-0.1, -0.05) is 0 Å². The number of imidazole rings is 1. The topological polar surface area (TPSA) is 100 Å². The molecule has 4 aromatic rings. The van der Waals surface area contributed by atoms with E-state index >= 15 is 0 Å². The molecule has 0 aliphatic rings. The van der Waals surface area contributed by atoms with Gasteiger partial charge in [-0.25, -0.2) is 15.0 Å². The van der Waals surface area contributed by atoms with Crippen LogP contribution in [0.2, 0.25) is 0 Å². The van der Waals surface area contributed by atoms with E-state index in [-0.39, 0.29) is 12.5 Å². The van der Waals surface area contributed by atoms with E-state index in [9.17, 15) is 4.79 Å². The van der Waals surface area contributed by atoms with Crippen LogP contribution in [0.25, 0.3) is 5.82 Å². The van der Waals surface area contributed by atoms with Crippen LogP contribution in [0.4, 0.5) is 5.69 Å². The molecule has 0 unspecified atom stereocenters. The Morgan fingerprint density at radius 2 is 1.64 bits per heavy atom. The Bertz CT molecular complexity index is 1240. The molecule has 0 aliphatic heterocycles. The number of amides is 1. The monoisotopic (exact) mass is 445 g/mol. The Morgan fingerprint density at radius 1 is 0.939 bits per heavy atom. The molecule has 1 amide bonds. The van der Waals surface area contributed by atoms with Crippen molar-refractivity contribution in [3.05, 3.63) is 78.6 Å². The average molecular weight is 445 g/mol. The molecule has 0 saturated heterocycles. The zero-order valence-corrected chi connectivity index (χ0v) is 18.5. The molecule has 9 nitrogen and oxygen atoms in total. The maximum absolute atomic E-state index is 12.2. The number of carbonyl (C=O) groups is 1. The highest BCUT2D eigenvalue weighted by molar-refractivity contribution is 5.91. The van der Waals surface area contributed by atoms with E-state index in [1.165, 1.54) is 6.33 Å². The number of aromatic nitrogens is 4. The van der Waals surface area contributed by atoms with Gasteiger partial charge in [0.15, 0.2) is 6.61 Å². The van der Waals surface area contributed by atoms with Crippen molar-refractivity contribution in [1.82, 2.24) is 19.5 Å². The molecule has 4 rings (SSSR count). The summed E-state index contributed by atoms with van der Waals surface area (Å²) < 4.78 is 18.3. The lowest BCUT2D eigenvalue weighted by Crippen LogP contribution is -2.20. The first-order valence-corrected chi connectivity index (χ1v) is 10.2. The molecule has 168 valence electrons. The summed E-state index contributed by atoms with van der Waals surface area (Å²) in [5.74, 6) is 2.67. The summed E-state index contributed by atoms with van der Waals surface area (Å²) in [5, 5.41) is 2.78. The minimum Gasteiger partial charge on any atom is -0.497 e. The van der Waals surface area contributed by atoms with E-state index in [1.807, 2.05) is 18.4 Å². The standard InChI is InChI=1S/C24H23N5O4/c1-16-17(2)29(15-27-16)22-12-24(26-14-25-22)33-21-6-4-18(5-7-21)28-23(30)13-32-20-10-8-19(31-3)9-11-20/h4-12,14-15H,13H2,1-3H3,(H,28,30). The number of nitrogens with one attached hydrogen (secondary N) is 1. The van der Waals surface area contributed by atoms with Gasteiger partial charge in [-0.2, -0.15) is 0 Å². The van der Waals surface area contributed by atoms with E-state index in [0.717, 1.165) is 17.1 Å². The van der Waals surface area contributed by atoms with Crippen molar-refractivity contribution in [3.8, 4) is 28.9 Å². The first-order valence-electron chi connectivity index (χ1n) is 10.2. The van der Waals surface area contributed by atoms with Crippen LogP contribution in [0.5, 0.6) is 23.1 Å². The van der Waals surface area contributed by atoms with Crippen molar-refractivity contribution in [1.29, 1.82) is 0 Å². The molecule has 0 saturated carbocycles. The lowest BCUT2D eigenvalue weighted by atomic mass is 10.3. The van der Waals surface area contributed by atoms with Crippen molar-refractivity contribution in [2.45, 2.75) is 13.8 Å². The predicted octanol–water partition coefficient (Wildman–Crippen LogP) is 4.10. The maximum Gasteiger partial charge on any atom is 0.262 e. The van der Waals surface area contributed by atoms with Gasteiger partial charge in [0.1, 0.15) is 35.7 Å². The minimum absolute atomic E-state index is 0.110. The van der Waals surface area contributed by atoms with Crippen molar-refractivity contribution < 1.29 is 19.0 Å². The summed E-state index contributed by atoms with van der Waals surface area (Å²) in [5.41, 5.74) is 2.55. The molecule has 0 bridgehead atoms. The van der Waals surface area contributed by atoms with Crippen molar-refractivity contribution in [2.24, 2.45) is 0 Å². The van der Waals surface area contributed by atoms with Crippen LogP contribution in [-0.4, -0.2) is 39.1 Å². The summed E-state index contributed by atoms with van der Waals surface area (Å²) in [4.78, 5) is 24.9. The van der Waals surface area contributed by atoms with E-state index in [0.29, 0.717) is 28.9 Å². The molecule has 0 atom stereocenters. The second-order valence-corrected chi connectivity index (χ2v) is 7.14. The number of anilines is 1. The van der Waals surface area contributed by atoms with Crippen LogP contribution in [0.1, 0.15) is 11.4 Å². The number of nitrogens with zero attached hydrogens (tertiary/aromatic N) is 4. The SMILES string of the molecule is COc1ccc(OCC(=O)Nc2ccc(Oc3cc(-n4cnc(C)c4C)ncn3)cc2)cc1. The quantitative estimate of drug-likeness (QED) is 0.436. The van der Waals surface area contributed by atoms with Crippen LogP contribution in [0.3, 0.4) is 0 Å². The van der Waals surface area contributed by atoms with Gasteiger partial charge in [0, 0.05) is 17.4 Å². The first kappa shape index (κ1) is 21.8. The Morgan fingerprint density at radius 3 is 2.30 bits per heavy atom. The molecular weight excluding hydrogens is 422 g/mol. The number of hydrogen-bond acceptors (Lipinski definition) is 7. The fraction of sp³-hybridized carbons (Fsp3) is 0.167. The number of carbonyl (C=O) groups excluding carboxylic acids is 1. The molecule has 33 heavy (non-hydrogen) atoms. The fourth-order valence-corrected chi connectivity index (χ4v) is 2.99. The fourth-order valence-electron chi connectivity index (χ4n) is 2.99. The molecule has 1 N–H and O–H groups in total. The van der Waals surface area contributed by atoms with E-state index in [1.54, 1.807) is 68.0 Å².